The standard InChI is InChI=1S/C20H21N5O3S/c1-3-24-19(16-10-7-11-17(12-16)25(27)28)22-23-20(24)29-13-18(26)21-14(2)15-8-5-4-6-9-15/h4-12,14H,3,13H2,1-2H3,(H,21,26)/t14-/m1/s1. The lowest BCUT2D eigenvalue weighted by molar-refractivity contribution is -0.384. The van der Waals surface area contributed by atoms with E-state index in [-0.39, 0.29) is 23.4 Å². The highest BCUT2D eigenvalue weighted by Crippen LogP contribution is 2.26. The van der Waals surface area contributed by atoms with Crippen molar-refractivity contribution in [3.8, 4) is 11.4 Å². The van der Waals surface area contributed by atoms with Gasteiger partial charge in [0.15, 0.2) is 11.0 Å². The summed E-state index contributed by atoms with van der Waals surface area (Å²) in [7, 11) is 0. The zero-order chi connectivity index (χ0) is 20.8. The lowest BCUT2D eigenvalue weighted by Crippen LogP contribution is -2.28. The molecule has 0 aliphatic rings. The topological polar surface area (TPSA) is 103 Å². The monoisotopic (exact) mass is 411 g/mol. The van der Waals surface area contributed by atoms with Gasteiger partial charge in [0.25, 0.3) is 5.69 Å². The summed E-state index contributed by atoms with van der Waals surface area (Å²) in [5.41, 5.74) is 1.65. The Hall–Kier alpha value is -3.20. The highest BCUT2D eigenvalue weighted by molar-refractivity contribution is 7.99. The number of nitrogens with one attached hydrogen (secondary N) is 1. The van der Waals surface area contributed by atoms with E-state index in [4.69, 9.17) is 0 Å². The van der Waals surface area contributed by atoms with Gasteiger partial charge >= 0.3 is 0 Å². The Labute approximate surface area is 172 Å². The molecule has 0 unspecified atom stereocenters. The van der Waals surface area contributed by atoms with E-state index in [1.165, 1.54) is 23.9 Å². The molecule has 0 fully saturated rings. The summed E-state index contributed by atoms with van der Waals surface area (Å²) in [6.07, 6.45) is 0. The summed E-state index contributed by atoms with van der Waals surface area (Å²) in [6, 6.07) is 15.9. The minimum Gasteiger partial charge on any atom is -0.349 e. The smallest absolute Gasteiger partial charge is 0.270 e. The van der Waals surface area contributed by atoms with Crippen LogP contribution in [0.2, 0.25) is 0 Å². The molecule has 9 heteroatoms. The zero-order valence-corrected chi connectivity index (χ0v) is 16.9. The van der Waals surface area contributed by atoms with Gasteiger partial charge in [-0.3, -0.25) is 14.9 Å². The van der Waals surface area contributed by atoms with Crippen LogP contribution in [-0.2, 0) is 11.3 Å². The van der Waals surface area contributed by atoms with E-state index in [0.717, 1.165) is 5.56 Å². The number of rotatable bonds is 8. The summed E-state index contributed by atoms with van der Waals surface area (Å²) in [6.45, 7) is 4.45. The van der Waals surface area contributed by atoms with Gasteiger partial charge in [0.1, 0.15) is 0 Å². The second-order valence-corrected chi connectivity index (χ2v) is 7.29. The van der Waals surface area contributed by atoms with Gasteiger partial charge in [0.05, 0.1) is 16.7 Å². The summed E-state index contributed by atoms with van der Waals surface area (Å²) in [4.78, 5) is 22.9. The second-order valence-electron chi connectivity index (χ2n) is 6.35. The maximum Gasteiger partial charge on any atom is 0.270 e. The first-order valence-electron chi connectivity index (χ1n) is 9.14. The Morgan fingerprint density at radius 3 is 2.66 bits per heavy atom. The Morgan fingerprint density at radius 2 is 1.97 bits per heavy atom. The van der Waals surface area contributed by atoms with E-state index in [1.807, 2.05) is 48.7 Å². The lowest BCUT2D eigenvalue weighted by atomic mass is 10.1. The van der Waals surface area contributed by atoms with Crippen LogP contribution in [0.4, 0.5) is 5.69 Å². The highest BCUT2D eigenvalue weighted by Gasteiger charge is 2.17. The van der Waals surface area contributed by atoms with Gasteiger partial charge < -0.3 is 9.88 Å². The lowest BCUT2D eigenvalue weighted by Gasteiger charge is -2.14. The van der Waals surface area contributed by atoms with Gasteiger partial charge in [0.2, 0.25) is 5.91 Å². The molecule has 0 radical (unpaired) electrons. The molecule has 1 amide bonds. The van der Waals surface area contributed by atoms with Crippen LogP contribution in [0, 0.1) is 10.1 Å². The van der Waals surface area contributed by atoms with E-state index in [0.29, 0.717) is 23.1 Å². The Bertz CT molecular complexity index is 1010. The third-order valence-electron chi connectivity index (χ3n) is 4.36. The second kappa shape index (κ2) is 9.33. The molecule has 1 N–H and O–H groups in total. The molecule has 29 heavy (non-hydrogen) atoms. The fourth-order valence-corrected chi connectivity index (χ4v) is 3.70. The van der Waals surface area contributed by atoms with E-state index < -0.39 is 4.92 Å². The minimum atomic E-state index is -0.440. The largest absolute Gasteiger partial charge is 0.349 e. The van der Waals surface area contributed by atoms with Crippen LogP contribution in [0.5, 0.6) is 0 Å². The molecule has 0 saturated heterocycles. The normalized spacial score (nSPS) is 11.8. The van der Waals surface area contributed by atoms with Gasteiger partial charge in [-0.1, -0.05) is 54.2 Å². The first-order valence-corrected chi connectivity index (χ1v) is 10.1. The van der Waals surface area contributed by atoms with Gasteiger partial charge in [-0.2, -0.15) is 0 Å². The van der Waals surface area contributed by atoms with E-state index in [2.05, 4.69) is 15.5 Å². The third kappa shape index (κ3) is 5.00. The van der Waals surface area contributed by atoms with Crippen molar-refractivity contribution in [1.82, 2.24) is 20.1 Å². The van der Waals surface area contributed by atoms with E-state index in [1.54, 1.807) is 12.1 Å². The summed E-state index contributed by atoms with van der Waals surface area (Å²) < 4.78 is 1.84. The zero-order valence-electron chi connectivity index (χ0n) is 16.1. The number of nitro groups is 1. The molecule has 2 aromatic carbocycles. The number of carbonyl (C=O) groups excluding carboxylic acids is 1. The summed E-state index contributed by atoms with van der Waals surface area (Å²) in [5, 5.41) is 22.9. The summed E-state index contributed by atoms with van der Waals surface area (Å²) >= 11 is 1.29. The molecule has 0 aliphatic carbocycles. The SMILES string of the molecule is CCn1c(SCC(=O)N[C@H](C)c2ccccc2)nnc1-c1cccc([N+](=O)[O-])c1. The molecule has 150 valence electrons. The molecule has 1 aromatic heterocycles. The first kappa shape index (κ1) is 20.5. The first-order chi connectivity index (χ1) is 14.0. The number of amides is 1. The molecule has 0 spiro atoms. The number of hydrogen-bond acceptors (Lipinski definition) is 6. The molecule has 3 aromatic rings. The van der Waals surface area contributed by atoms with Crippen molar-refractivity contribution in [1.29, 1.82) is 0 Å². The number of hydrogen-bond donors (Lipinski definition) is 1. The number of aromatic nitrogens is 3. The fourth-order valence-electron chi connectivity index (χ4n) is 2.89. The van der Waals surface area contributed by atoms with Gasteiger partial charge in [-0.25, -0.2) is 0 Å². The quantitative estimate of drug-likeness (QED) is 0.343. The van der Waals surface area contributed by atoms with Crippen molar-refractivity contribution in [2.24, 2.45) is 0 Å². The van der Waals surface area contributed by atoms with Crippen LogP contribution in [0.15, 0.2) is 59.8 Å². The highest BCUT2D eigenvalue weighted by atomic mass is 32.2. The average Bonchev–Trinajstić information content (AvgIpc) is 3.16. The number of non-ortho nitro benzene ring substituents is 1. The van der Waals surface area contributed by atoms with Crippen molar-refractivity contribution in [3.05, 3.63) is 70.3 Å². The molecule has 0 aliphatic heterocycles. The molecule has 1 atom stereocenters. The molecule has 1 heterocycles. The minimum absolute atomic E-state index is 0.00312. The molecule has 8 nitrogen and oxygen atoms in total. The van der Waals surface area contributed by atoms with Crippen LogP contribution in [0.3, 0.4) is 0 Å². The van der Waals surface area contributed by atoms with Crippen molar-refractivity contribution in [2.75, 3.05) is 5.75 Å². The van der Waals surface area contributed by atoms with E-state index >= 15 is 0 Å². The third-order valence-corrected chi connectivity index (χ3v) is 5.32. The molecule has 0 saturated carbocycles. The molecular formula is C20H21N5O3S. The number of nitrogens with zero attached hydrogens (tertiary/aromatic N) is 4. The van der Waals surface area contributed by atoms with Crippen LogP contribution in [-0.4, -0.2) is 31.3 Å². The molecule has 0 bridgehead atoms. The number of thioether (sulfide) groups is 1. The van der Waals surface area contributed by atoms with Crippen molar-refractivity contribution in [2.45, 2.75) is 31.6 Å². The summed E-state index contributed by atoms with van der Waals surface area (Å²) in [5.74, 6) is 0.634. The van der Waals surface area contributed by atoms with Crippen molar-refractivity contribution >= 4 is 23.4 Å². The fraction of sp³-hybridized carbons (Fsp3) is 0.250. The van der Waals surface area contributed by atoms with Crippen LogP contribution in [0.25, 0.3) is 11.4 Å². The Balaban J connectivity index is 1.68. The number of benzene rings is 2. The van der Waals surface area contributed by atoms with Crippen LogP contribution >= 0.6 is 11.8 Å². The average molecular weight is 411 g/mol. The Morgan fingerprint density at radius 1 is 1.21 bits per heavy atom. The van der Waals surface area contributed by atoms with Gasteiger partial charge in [0, 0.05) is 24.2 Å². The number of nitro benzene ring substituents is 1. The van der Waals surface area contributed by atoms with Crippen molar-refractivity contribution < 1.29 is 9.72 Å². The van der Waals surface area contributed by atoms with Crippen LogP contribution in [0.1, 0.15) is 25.5 Å². The van der Waals surface area contributed by atoms with E-state index in [9.17, 15) is 14.9 Å². The maximum atomic E-state index is 12.3. The van der Waals surface area contributed by atoms with Crippen molar-refractivity contribution in [3.63, 3.8) is 0 Å². The predicted molar refractivity (Wildman–Crippen MR) is 112 cm³/mol. The van der Waals surface area contributed by atoms with Gasteiger partial charge in [-0.05, 0) is 19.4 Å². The molecule has 3 rings (SSSR count). The Kier molecular flexibility index (Phi) is 6.61. The molecular weight excluding hydrogens is 390 g/mol. The van der Waals surface area contributed by atoms with Gasteiger partial charge in [-0.15, -0.1) is 10.2 Å². The van der Waals surface area contributed by atoms with Crippen LogP contribution < -0.4 is 5.32 Å². The predicted octanol–water partition coefficient (Wildman–Crippen LogP) is 3.84. The maximum absolute atomic E-state index is 12.3. The number of carbonyl (C=O) groups is 1.